The smallest absolute Gasteiger partial charge is 0.133 e. The summed E-state index contributed by atoms with van der Waals surface area (Å²) in [5.74, 6) is 0.525. The molecular formula is C9H10Cl2N2. The summed E-state index contributed by atoms with van der Waals surface area (Å²) in [6.45, 7) is 0.385. The zero-order chi connectivity index (χ0) is 9.42. The maximum absolute atomic E-state index is 6.04. The summed E-state index contributed by atoms with van der Waals surface area (Å²) in [5.41, 5.74) is 7.23. The molecule has 0 aromatic carbocycles. The van der Waals surface area contributed by atoms with Crippen LogP contribution in [0.25, 0.3) is 0 Å². The Bertz CT molecular complexity index is 335. The first-order valence-electron chi connectivity index (χ1n) is 4.27. The topological polar surface area (TPSA) is 38.9 Å². The molecule has 0 saturated heterocycles. The van der Waals surface area contributed by atoms with E-state index in [4.69, 9.17) is 28.9 Å². The van der Waals surface area contributed by atoms with Crippen LogP contribution in [-0.4, -0.2) is 4.98 Å². The standard InChI is InChI=1S/C9H10Cl2N2/c10-7-3-6(4-12)9(11)13-8(7)5-1-2-5/h3,5H,1-2,4,12H2. The Hall–Kier alpha value is -0.310. The summed E-state index contributed by atoms with van der Waals surface area (Å²) in [4.78, 5) is 4.26. The molecule has 1 aliphatic rings. The van der Waals surface area contributed by atoms with E-state index in [1.54, 1.807) is 0 Å². The number of aromatic nitrogens is 1. The molecule has 0 spiro atoms. The van der Waals surface area contributed by atoms with Crippen LogP contribution in [0.2, 0.25) is 10.2 Å². The predicted molar refractivity (Wildman–Crippen MR) is 54.1 cm³/mol. The maximum Gasteiger partial charge on any atom is 0.133 e. The number of rotatable bonds is 2. The molecule has 1 fully saturated rings. The molecule has 0 amide bonds. The number of nitrogens with zero attached hydrogens (tertiary/aromatic N) is 1. The van der Waals surface area contributed by atoms with E-state index in [-0.39, 0.29) is 0 Å². The minimum atomic E-state index is 0.385. The zero-order valence-electron chi connectivity index (χ0n) is 7.06. The Morgan fingerprint density at radius 3 is 2.69 bits per heavy atom. The van der Waals surface area contributed by atoms with Gasteiger partial charge in [-0.1, -0.05) is 23.2 Å². The van der Waals surface area contributed by atoms with E-state index >= 15 is 0 Å². The van der Waals surface area contributed by atoms with Gasteiger partial charge in [-0.15, -0.1) is 0 Å². The first-order chi connectivity index (χ1) is 6.22. The lowest BCUT2D eigenvalue weighted by atomic mass is 10.2. The lowest BCUT2D eigenvalue weighted by Gasteiger charge is -2.05. The van der Waals surface area contributed by atoms with Gasteiger partial charge in [0.25, 0.3) is 0 Å². The molecule has 1 aliphatic carbocycles. The molecular weight excluding hydrogens is 207 g/mol. The first-order valence-corrected chi connectivity index (χ1v) is 5.03. The molecule has 2 N–H and O–H groups in total. The molecule has 1 heterocycles. The normalized spacial score (nSPS) is 16.2. The second kappa shape index (κ2) is 3.45. The SMILES string of the molecule is NCc1cc(Cl)c(C2CC2)nc1Cl. The van der Waals surface area contributed by atoms with Crippen LogP contribution >= 0.6 is 23.2 Å². The third kappa shape index (κ3) is 1.80. The Labute approximate surface area is 87.1 Å². The molecule has 0 radical (unpaired) electrons. The molecule has 1 aromatic rings. The molecule has 1 aromatic heterocycles. The molecule has 0 unspecified atom stereocenters. The van der Waals surface area contributed by atoms with E-state index < -0.39 is 0 Å². The first kappa shape index (κ1) is 9.25. The summed E-state index contributed by atoms with van der Waals surface area (Å²) in [6.07, 6.45) is 2.34. The fourth-order valence-corrected chi connectivity index (χ4v) is 1.85. The minimum absolute atomic E-state index is 0.385. The van der Waals surface area contributed by atoms with Gasteiger partial charge in [-0.2, -0.15) is 0 Å². The van der Waals surface area contributed by atoms with E-state index in [0.717, 1.165) is 11.3 Å². The fraction of sp³-hybridized carbons (Fsp3) is 0.444. The van der Waals surface area contributed by atoms with E-state index in [1.807, 2.05) is 6.07 Å². The van der Waals surface area contributed by atoms with Gasteiger partial charge < -0.3 is 5.73 Å². The third-order valence-electron chi connectivity index (χ3n) is 2.21. The average molecular weight is 217 g/mol. The van der Waals surface area contributed by atoms with Crippen molar-refractivity contribution in [2.75, 3.05) is 0 Å². The van der Waals surface area contributed by atoms with Crippen molar-refractivity contribution in [1.29, 1.82) is 0 Å². The van der Waals surface area contributed by atoms with Crippen LogP contribution in [0.3, 0.4) is 0 Å². The van der Waals surface area contributed by atoms with Gasteiger partial charge >= 0.3 is 0 Å². The van der Waals surface area contributed by atoms with Crippen LogP contribution in [-0.2, 0) is 6.54 Å². The second-order valence-corrected chi connectivity index (χ2v) is 4.05. The monoisotopic (exact) mass is 216 g/mol. The van der Waals surface area contributed by atoms with E-state index in [0.29, 0.717) is 22.6 Å². The zero-order valence-corrected chi connectivity index (χ0v) is 8.57. The van der Waals surface area contributed by atoms with Crippen molar-refractivity contribution < 1.29 is 0 Å². The van der Waals surface area contributed by atoms with Gasteiger partial charge in [0.2, 0.25) is 0 Å². The van der Waals surface area contributed by atoms with Gasteiger partial charge in [-0.3, -0.25) is 0 Å². The molecule has 13 heavy (non-hydrogen) atoms. The molecule has 4 heteroatoms. The number of nitrogens with two attached hydrogens (primary N) is 1. The molecule has 1 saturated carbocycles. The molecule has 0 bridgehead atoms. The molecule has 70 valence electrons. The van der Waals surface area contributed by atoms with Gasteiger partial charge in [-0.25, -0.2) is 4.98 Å². The molecule has 0 aliphatic heterocycles. The van der Waals surface area contributed by atoms with Crippen LogP contribution in [0.4, 0.5) is 0 Å². The van der Waals surface area contributed by atoms with Crippen molar-refractivity contribution in [2.45, 2.75) is 25.3 Å². The van der Waals surface area contributed by atoms with Gasteiger partial charge in [-0.05, 0) is 18.9 Å². The highest BCUT2D eigenvalue weighted by atomic mass is 35.5. The Morgan fingerprint density at radius 1 is 1.46 bits per heavy atom. The Morgan fingerprint density at radius 2 is 2.15 bits per heavy atom. The predicted octanol–water partition coefficient (Wildman–Crippen LogP) is 2.72. The number of hydrogen-bond acceptors (Lipinski definition) is 2. The van der Waals surface area contributed by atoms with E-state index in [2.05, 4.69) is 4.98 Å². The number of pyridine rings is 1. The maximum atomic E-state index is 6.04. The van der Waals surface area contributed by atoms with Gasteiger partial charge in [0.1, 0.15) is 5.15 Å². The highest BCUT2D eigenvalue weighted by Crippen LogP contribution is 2.42. The minimum Gasteiger partial charge on any atom is -0.326 e. The van der Waals surface area contributed by atoms with E-state index in [9.17, 15) is 0 Å². The summed E-state index contributed by atoms with van der Waals surface area (Å²) >= 11 is 12.0. The summed E-state index contributed by atoms with van der Waals surface area (Å²) < 4.78 is 0. The van der Waals surface area contributed by atoms with Crippen molar-refractivity contribution in [3.63, 3.8) is 0 Å². The highest BCUT2D eigenvalue weighted by Gasteiger charge is 2.28. The van der Waals surface area contributed by atoms with Crippen LogP contribution in [0.15, 0.2) is 6.07 Å². The van der Waals surface area contributed by atoms with Crippen molar-refractivity contribution in [3.8, 4) is 0 Å². The third-order valence-corrected chi connectivity index (χ3v) is 2.84. The molecule has 2 rings (SSSR count). The lowest BCUT2D eigenvalue weighted by Crippen LogP contribution is -2.01. The van der Waals surface area contributed by atoms with Crippen LogP contribution < -0.4 is 5.73 Å². The highest BCUT2D eigenvalue weighted by molar-refractivity contribution is 6.33. The summed E-state index contributed by atoms with van der Waals surface area (Å²) in [5, 5.41) is 1.20. The summed E-state index contributed by atoms with van der Waals surface area (Å²) in [7, 11) is 0. The Balaban J connectivity index is 2.42. The van der Waals surface area contributed by atoms with Crippen LogP contribution in [0.1, 0.15) is 30.0 Å². The van der Waals surface area contributed by atoms with Gasteiger partial charge in [0.05, 0.1) is 10.7 Å². The summed E-state index contributed by atoms with van der Waals surface area (Å²) in [6, 6.07) is 1.82. The largest absolute Gasteiger partial charge is 0.326 e. The van der Waals surface area contributed by atoms with Crippen LogP contribution in [0, 0.1) is 0 Å². The van der Waals surface area contributed by atoms with Crippen molar-refractivity contribution in [3.05, 3.63) is 27.5 Å². The Kier molecular flexibility index (Phi) is 2.45. The van der Waals surface area contributed by atoms with E-state index in [1.165, 1.54) is 12.8 Å². The van der Waals surface area contributed by atoms with Gasteiger partial charge in [0, 0.05) is 18.0 Å². The van der Waals surface area contributed by atoms with Crippen LogP contribution in [0.5, 0.6) is 0 Å². The molecule has 0 atom stereocenters. The quantitative estimate of drug-likeness (QED) is 0.773. The molecule has 2 nitrogen and oxygen atoms in total. The lowest BCUT2D eigenvalue weighted by molar-refractivity contribution is 0.982. The van der Waals surface area contributed by atoms with Gasteiger partial charge in [0.15, 0.2) is 0 Å². The van der Waals surface area contributed by atoms with Crippen molar-refractivity contribution in [1.82, 2.24) is 4.98 Å². The second-order valence-electron chi connectivity index (χ2n) is 3.28. The average Bonchev–Trinajstić information content (AvgIpc) is 2.91. The fourth-order valence-electron chi connectivity index (χ4n) is 1.30. The van der Waals surface area contributed by atoms with Crippen molar-refractivity contribution >= 4 is 23.2 Å². The number of halogens is 2. The van der Waals surface area contributed by atoms with Crippen molar-refractivity contribution in [2.24, 2.45) is 5.73 Å². The number of hydrogen-bond donors (Lipinski definition) is 1.